The standard InChI is InChI=1S/C14H16N2O5S/c1-14(2)8-15(3-4-22-14)12(17)9-5-10(13(18)19)7-11(6-9)16(20)21/h5-7H,3-4,8H2,1-2H3,(H,18,19). The number of aromatic carboxylic acids is 1. The molecule has 0 unspecified atom stereocenters. The minimum absolute atomic E-state index is 0.0364. The van der Waals surface area contributed by atoms with Gasteiger partial charge in [0.2, 0.25) is 0 Å². The minimum atomic E-state index is -1.30. The molecule has 0 atom stereocenters. The van der Waals surface area contributed by atoms with Crippen LogP contribution in [0.15, 0.2) is 18.2 Å². The van der Waals surface area contributed by atoms with E-state index in [9.17, 15) is 19.7 Å². The lowest BCUT2D eigenvalue weighted by molar-refractivity contribution is -0.384. The van der Waals surface area contributed by atoms with Gasteiger partial charge < -0.3 is 10.0 Å². The van der Waals surface area contributed by atoms with E-state index < -0.39 is 16.6 Å². The molecule has 1 aromatic carbocycles. The maximum atomic E-state index is 12.5. The Morgan fingerprint density at radius 3 is 2.50 bits per heavy atom. The van der Waals surface area contributed by atoms with Crippen LogP contribution < -0.4 is 0 Å². The van der Waals surface area contributed by atoms with Crippen molar-refractivity contribution in [2.75, 3.05) is 18.8 Å². The van der Waals surface area contributed by atoms with Crippen LogP contribution >= 0.6 is 11.8 Å². The molecule has 2 rings (SSSR count). The molecule has 8 heteroatoms. The van der Waals surface area contributed by atoms with Gasteiger partial charge in [-0.05, 0) is 19.9 Å². The largest absolute Gasteiger partial charge is 0.478 e. The van der Waals surface area contributed by atoms with Gasteiger partial charge >= 0.3 is 5.97 Å². The first-order chi connectivity index (χ1) is 10.2. The topological polar surface area (TPSA) is 101 Å². The van der Waals surface area contributed by atoms with Crippen molar-refractivity contribution in [2.24, 2.45) is 0 Å². The number of nitro benzene ring substituents is 1. The number of thioether (sulfide) groups is 1. The predicted molar refractivity (Wildman–Crippen MR) is 82.5 cm³/mol. The van der Waals surface area contributed by atoms with E-state index in [1.807, 2.05) is 13.8 Å². The molecule has 1 fully saturated rings. The van der Waals surface area contributed by atoms with Gasteiger partial charge in [-0.2, -0.15) is 11.8 Å². The summed E-state index contributed by atoms with van der Waals surface area (Å²) in [6.07, 6.45) is 0. The third-order valence-electron chi connectivity index (χ3n) is 3.34. The van der Waals surface area contributed by atoms with Crippen LogP contribution in [0.4, 0.5) is 5.69 Å². The van der Waals surface area contributed by atoms with Crippen LogP contribution in [-0.4, -0.2) is 50.4 Å². The second-order valence-electron chi connectivity index (χ2n) is 5.67. The second kappa shape index (κ2) is 5.96. The van der Waals surface area contributed by atoms with Gasteiger partial charge in [-0.25, -0.2) is 4.79 Å². The van der Waals surface area contributed by atoms with Crippen LogP contribution in [0.3, 0.4) is 0 Å². The van der Waals surface area contributed by atoms with Gasteiger partial charge in [0.05, 0.1) is 10.5 Å². The highest BCUT2D eigenvalue weighted by Crippen LogP contribution is 2.30. The summed E-state index contributed by atoms with van der Waals surface area (Å²) in [6, 6.07) is 3.27. The fraction of sp³-hybridized carbons (Fsp3) is 0.429. The molecule has 0 spiro atoms. The van der Waals surface area contributed by atoms with Crippen LogP contribution in [0.25, 0.3) is 0 Å². The number of carbonyl (C=O) groups is 2. The number of benzene rings is 1. The van der Waals surface area contributed by atoms with Gasteiger partial charge in [-0.15, -0.1) is 0 Å². The van der Waals surface area contributed by atoms with Crippen molar-refractivity contribution in [3.05, 3.63) is 39.4 Å². The molecule has 0 bridgehead atoms. The fourth-order valence-corrected chi connectivity index (χ4v) is 3.45. The molecule has 1 aromatic rings. The summed E-state index contributed by atoms with van der Waals surface area (Å²) in [5.41, 5.74) is -0.619. The lowest BCUT2D eigenvalue weighted by Gasteiger charge is -2.37. The van der Waals surface area contributed by atoms with Crippen LogP contribution in [0.2, 0.25) is 0 Å². The van der Waals surface area contributed by atoms with E-state index in [1.54, 1.807) is 16.7 Å². The van der Waals surface area contributed by atoms with Crippen molar-refractivity contribution < 1.29 is 19.6 Å². The van der Waals surface area contributed by atoms with E-state index in [4.69, 9.17) is 5.11 Å². The first kappa shape index (κ1) is 16.3. The molecule has 1 amide bonds. The summed E-state index contributed by atoms with van der Waals surface area (Å²) in [5.74, 6) is -0.897. The third-order valence-corrected chi connectivity index (χ3v) is 4.63. The molecule has 0 aromatic heterocycles. The molecular formula is C14H16N2O5S. The quantitative estimate of drug-likeness (QED) is 0.676. The second-order valence-corrected chi connectivity index (χ2v) is 7.47. The Morgan fingerprint density at radius 2 is 1.95 bits per heavy atom. The Hall–Kier alpha value is -2.09. The monoisotopic (exact) mass is 324 g/mol. The number of hydrogen-bond donors (Lipinski definition) is 1. The molecular weight excluding hydrogens is 308 g/mol. The van der Waals surface area contributed by atoms with Crippen LogP contribution in [0.1, 0.15) is 34.6 Å². The Morgan fingerprint density at radius 1 is 1.32 bits per heavy atom. The molecule has 118 valence electrons. The van der Waals surface area contributed by atoms with Crippen molar-refractivity contribution >= 4 is 29.3 Å². The van der Waals surface area contributed by atoms with E-state index in [2.05, 4.69) is 0 Å². The van der Waals surface area contributed by atoms with Gasteiger partial charge in [0.1, 0.15) is 0 Å². The number of amides is 1. The van der Waals surface area contributed by atoms with E-state index in [0.29, 0.717) is 13.1 Å². The molecule has 1 N–H and O–H groups in total. The van der Waals surface area contributed by atoms with Crippen LogP contribution in [-0.2, 0) is 0 Å². The zero-order valence-corrected chi connectivity index (χ0v) is 13.1. The molecule has 1 saturated heterocycles. The Bertz CT molecular complexity index is 612. The van der Waals surface area contributed by atoms with Crippen molar-refractivity contribution in [1.29, 1.82) is 0 Å². The summed E-state index contributed by atoms with van der Waals surface area (Å²) in [6.45, 7) is 5.10. The number of carbonyl (C=O) groups excluding carboxylic acids is 1. The number of rotatable bonds is 3. The molecule has 1 aliphatic rings. The first-order valence-electron chi connectivity index (χ1n) is 6.66. The lowest BCUT2D eigenvalue weighted by Crippen LogP contribution is -2.46. The number of hydrogen-bond acceptors (Lipinski definition) is 5. The highest BCUT2D eigenvalue weighted by Gasteiger charge is 2.31. The molecule has 7 nitrogen and oxygen atoms in total. The normalized spacial score (nSPS) is 17.1. The number of non-ortho nitro benzene ring substituents is 1. The van der Waals surface area contributed by atoms with E-state index in [1.165, 1.54) is 6.07 Å². The maximum Gasteiger partial charge on any atom is 0.335 e. The van der Waals surface area contributed by atoms with E-state index >= 15 is 0 Å². The molecule has 0 radical (unpaired) electrons. The maximum absolute atomic E-state index is 12.5. The summed E-state index contributed by atoms with van der Waals surface area (Å²) in [4.78, 5) is 35.4. The van der Waals surface area contributed by atoms with Gasteiger partial charge in [-0.3, -0.25) is 14.9 Å². The van der Waals surface area contributed by atoms with Crippen molar-refractivity contribution in [3.63, 3.8) is 0 Å². The van der Waals surface area contributed by atoms with Gasteiger partial charge in [-0.1, -0.05) is 0 Å². The van der Waals surface area contributed by atoms with E-state index in [-0.39, 0.29) is 21.8 Å². The van der Waals surface area contributed by atoms with E-state index in [0.717, 1.165) is 17.9 Å². The number of carboxylic acids is 1. The summed E-state index contributed by atoms with van der Waals surface area (Å²) in [5, 5.41) is 20.0. The number of nitrogens with zero attached hydrogens (tertiary/aromatic N) is 2. The van der Waals surface area contributed by atoms with Crippen LogP contribution in [0, 0.1) is 10.1 Å². The average Bonchev–Trinajstić information content (AvgIpc) is 2.44. The van der Waals surface area contributed by atoms with Crippen LogP contribution in [0.5, 0.6) is 0 Å². The highest BCUT2D eigenvalue weighted by atomic mass is 32.2. The number of nitro groups is 1. The lowest BCUT2D eigenvalue weighted by atomic mass is 10.1. The van der Waals surface area contributed by atoms with Crippen molar-refractivity contribution in [3.8, 4) is 0 Å². The Labute approximate surface area is 131 Å². The zero-order chi connectivity index (χ0) is 16.5. The highest BCUT2D eigenvalue weighted by molar-refractivity contribution is 8.00. The van der Waals surface area contributed by atoms with Gasteiger partial charge in [0.15, 0.2) is 0 Å². The summed E-state index contributed by atoms with van der Waals surface area (Å²) < 4.78 is -0.0930. The van der Waals surface area contributed by atoms with Gasteiger partial charge in [0, 0.05) is 41.3 Å². The smallest absolute Gasteiger partial charge is 0.335 e. The summed E-state index contributed by atoms with van der Waals surface area (Å²) >= 11 is 1.76. The Balaban J connectivity index is 2.36. The molecule has 0 aliphatic carbocycles. The SMILES string of the molecule is CC1(C)CN(C(=O)c2cc(C(=O)O)cc([N+](=O)[O-])c2)CCS1. The van der Waals surface area contributed by atoms with Crippen molar-refractivity contribution in [1.82, 2.24) is 4.90 Å². The summed E-state index contributed by atoms with van der Waals surface area (Å²) in [7, 11) is 0. The molecule has 1 heterocycles. The number of carboxylic acid groups (broad SMARTS) is 1. The average molecular weight is 324 g/mol. The third kappa shape index (κ3) is 3.56. The molecule has 22 heavy (non-hydrogen) atoms. The predicted octanol–water partition coefficient (Wildman–Crippen LogP) is 2.26. The first-order valence-corrected chi connectivity index (χ1v) is 7.64. The zero-order valence-electron chi connectivity index (χ0n) is 12.2. The molecule has 0 saturated carbocycles. The van der Waals surface area contributed by atoms with Gasteiger partial charge in [0.25, 0.3) is 11.6 Å². The van der Waals surface area contributed by atoms with Crippen molar-refractivity contribution in [2.45, 2.75) is 18.6 Å². The minimum Gasteiger partial charge on any atom is -0.478 e. The Kier molecular flexibility index (Phi) is 4.41. The molecule has 1 aliphatic heterocycles. The fourth-order valence-electron chi connectivity index (χ4n) is 2.34.